The molecule has 206 valence electrons. The fraction of sp³-hybridized carbons (Fsp3) is 0.0270. The molecule has 0 aliphatic rings. The first kappa shape index (κ1) is 36.0. The molecule has 0 fully saturated rings. The molecule has 41 heavy (non-hydrogen) atoms. The third-order valence-electron chi connectivity index (χ3n) is 5.74. The predicted molar refractivity (Wildman–Crippen MR) is 180 cm³/mol. The van der Waals surface area contributed by atoms with Crippen molar-refractivity contribution in [1.82, 2.24) is 0 Å². The zero-order chi connectivity index (χ0) is 27.5. The van der Waals surface area contributed by atoms with E-state index in [9.17, 15) is 0 Å². The zero-order valence-electron chi connectivity index (χ0n) is 22.9. The van der Waals surface area contributed by atoms with Crippen LogP contribution < -0.4 is 0 Å². The molecular weight excluding hydrogens is 635 g/mol. The molecule has 0 aromatic heterocycles. The fourth-order valence-corrected chi connectivity index (χ4v) is 4.02. The summed E-state index contributed by atoms with van der Waals surface area (Å²) < 4.78 is 0. The summed E-state index contributed by atoms with van der Waals surface area (Å²) in [4.78, 5) is 0. The second kappa shape index (κ2) is 21.7. The summed E-state index contributed by atoms with van der Waals surface area (Å²) in [5.74, 6) is 0. The summed E-state index contributed by atoms with van der Waals surface area (Å²) in [5.41, 5.74) is 3.95. The van der Waals surface area contributed by atoms with Crippen molar-refractivity contribution in [1.29, 1.82) is 0 Å². The van der Waals surface area contributed by atoms with Crippen molar-refractivity contribution in [2.75, 3.05) is 0 Å². The van der Waals surface area contributed by atoms with Gasteiger partial charge in [-0.05, 0) is 5.56 Å². The number of aryl methyl sites for hydroxylation is 1. The molecule has 0 saturated heterocycles. The van der Waals surface area contributed by atoms with Crippen LogP contribution in [0.1, 0.15) is 5.56 Å². The van der Waals surface area contributed by atoms with Crippen LogP contribution in [0.4, 0.5) is 0 Å². The van der Waals surface area contributed by atoms with Crippen LogP contribution in [-0.4, -0.2) is 6.88 Å². The van der Waals surface area contributed by atoms with Crippen LogP contribution in [0.25, 0.3) is 32.7 Å². The topological polar surface area (TPSA) is 0 Å². The minimum Gasteiger partial charge on any atom is -0.184 e. The number of rotatable bonds is 1. The van der Waals surface area contributed by atoms with Gasteiger partial charge >= 0.3 is 30.2 Å². The van der Waals surface area contributed by atoms with Crippen molar-refractivity contribution in [3.05, 3.63) is 181 Å². The Hall–Kier alpha value is -3.00. The van der Waals surface area contributed by atoms with Crippen molar-refractivity contribution in [2.24, 2.45) is 0 Å². The van der Waals surface area contributed by atoms with E-state index in [2.05, 4.69) is 129 Å². The molecule has 7 rings (SSSR count). The first-order valence-electron chi connectivity index (χ1n) is 12.7. The van der Waals surface area contributed by atoms with Crippen molar-refractivity contribution < 1.29 is 23.3 Å². The molecule has 0 N–H and O–H groups in total. The molecule has 0 aliphatic heterocycles. The van der Waals surface area contributed by atoms with Gasteiger partial charge in [-0.1, -0.05) is 55.0 Å². The fourth-order valence-electron chi connectivity index (χ4n) is 4.02. The first-order chi connectivity index (χ1) is 19.3. The number of fused-ring (bicyclic) bond motifs is 2. The molecule has 0 amide bonds. The summed E-state index contributed by atoms with van der Waals surface area (Å²) in [6, 6.07) is 61.2. The third kappa shape index (κ3) is 12.6. The van der Waals surface area contributed by atoms with Crippen molar-refractivity contribution in [3.63, 3.8) is 0 Å². The van der Waals surface area contributed by atoms with Gasteiger partial charge in [-0.15, -0.1) is 94.4 Å². The molecular formula is C37H32Cl2SiZr-4. The van der Waals surface area contributed by atoms with E-state index in [-0.39, 0.29) is 24.8 Å². The van der Waals surface area contributed by atoms with Gasteiger partial charge in [0.25, 0.3) is 0 Å². The smallest absolute Gasteiger partial charge is 0.0279 e. The van der Waals surface area contributed by atoms with E-state index >= 15 is 0 Å². The molecule has 0 saturated carbocycles. The van der Waals surface area contributed by atoms with Crippen LogP contribution in [0.3, 0.4) is 0 Å². The van der Waals surface area contributed by atoms with Gasteiger partial charge in [0.15, 0.2) is 0 Å². The van der Waals surface area contributed by atoms with Crippen molar-refractivity contribution in [2.45, 2.75) is 6.92 Å². The molecule has 4 heteroatoms. The number of halogens is 2. The average molecular weight is 667 g/mol. The Morgan fingerprint density at radius 3 is 1.66 bits per heavy atom. The van der Waals surface area contributed by atoms with Crippen LogP contribution in [0, 0.1) is 19.1 Å². The molecule has 0 unspecified atom stereocenters. The second-order valence-electron chi connectivity index (χ2n) is 8.52. The molecule has 0 bridgehead atoms. The molecule has 2 radical (unpaired) electrons. The van der Waals surface area contributed by atoms with Gasteiger partial charge in [0.2, 0.25) is 0 Å². The van der Waals surface area contributed by atoms with Crippen molar-refractivity contribution >= 4 is 53.2 Å². The average Bonchev–Trinajstić information content (AvgIpc) is 3.67. The minimum atomic E-state index is 0. The van der Waals surface area contributed by atoms with E-state index in [1.807, 2.05) is 60.7 Å². The minimum absolute atomic E-state index is 0. The second-order valence-corrected chi connectivity index (χ2v) is 8.52. The SMILES string of the molecule is Cc1cc2ccccc2[cH-]1.Cl.Cl.[Si]=[Zr].[c-]1ccccc1.[c-]1ccccc1.c1ccc(-c2cccc3[cH-]ccc23)cc1. The quantitative estimate of drug-likeness (QED) is 0.121. The predicted octanol–water partition coefficient (Wildman–Crippen LogP) is 10.5. The van der Waals surface area contributed by atoms with Crippen LogP contribution in [-0.2, 0) is 23.3 Å². The van der Waals surface area contributed by atoms with E-state index in [0.717, 1.165) is 0 Å². The zero-order valence-corrected chi connectivity index (χ0v) is 28.0. The van der Waals surface area contributed by atoms with Gasteiger partial charge in [-0.2, -0.15) is 91.0 Å². The molecule has 7 aromatic carbocycles. The van der Waals surface area contributed by atoms with Gasteiger partial charge < -0.3 is 0 Å². The molecule has 7 aromatic rings. The molecule has 0 aliphatic carbocycles. The van der Waals surface area contributed by atoms with Crippen LogP contribution in [0.5, 0.6) is 0 Å². The largest absolute Gasteiger partial charge is 0.184 e. The Morgan fingerprint density at radius 2 is 1.12 bits per heavy atom. The normalized spacial score (nSPS) is 8.88. The Kier molecular flexibility index (Phi) is 19.1. The third-order valence-corrected chi connectivity index (χ3v) is 5.74. The number of hydrogen-bond acceptors (Lipinski definition) is 0. The van der Waals surface area contributed by atoms with Crippen LogP contribution in [0.15, 0.2) is 164 Å². The summed E-state index contributed by atoms with van der Waals surface area (Å²) in [6.45, 7) is 5.19. The van der Waals surface area contributed by atoms with Gasteiger partial charge in [-0.3, -0.25) is 0 Å². The monoisotopic (exact) mass is 664 g/mol. The van der Waals surface area contributed by atoms with E-state index in [4.69, 9.17) is 0 Å². The maximum absolute atomic E-state index is 3.06. The Bertz CT molecular complexity index is 1480. The Morgan fingerprint density at radius 1 is 0.585 bits per heavy atom. The molecule has 0 atom stereocenters. The van der Waals surface area contributed by atoms with E-state index < -0.39 is 0 Å². The molecule has 0 heterocycles. The standard InChI is InChI=1S/C15H11.C10H9.2C6H5.2ClH.Si.Zr/c1-2-6-12(7-3-1)14-10-4-8-13-9-5-11-15(13)14;1-8-6-9-4-2-3-5-10(9)7-8;2*1-2-4-6-5-3-1;;;;/h1-11H;2-7H,1H3;2*1-5H;2*1H;;/q4*-1;;;;. The van der Waals surface area contributed by atoms with Gasteiger partial charge in [0.05, 0.1) is 0 Å². The maximum Gasteiger partial charge on any atom is -0.0279 e. The summed E-state index contributed by atoms with van der Waals surface area (Å²) in [5, 5.41) is 5.35. The molecule has 0 nitrogen and oxygen atoms in total. The van der Waals surface area contributed by atoms with E-state index in [0.29, 0.717) is 0 Å². The van der Waals surface area contributed by atoms with Crippen LogP contribution >= 0.6 is 24.8 Å². The summed E-state index contributed by atoms with van der Waals surface area (Å²) in [7, 11) is 0. The van der Waals surface area contributed by atoms with E-state index in [1.165, 1.54) is 61.6 Å². The van der Waals surface area contributed by atoms with E-state index in [1.54, 1.807) is 0 Å². The Labute approximate surface area is 274 Å². The summed E-state index contributed by atoms with van der Waals surface area (Å²) >= 11 is 1.36. The van der Waals surface area contributed by atoms with Crippen molar-refractivity contribution in [3.8, 4) is 11.1 Å². The van der Waals surface area contributed by atoms with Gasteiger partial charge in [-0.25, -0.2) is 0 Å². The van der Waals surface area contributed by atoms with Crippen LogP contribution in [0.2, 0.25) is 0 Å². The van der Waals surface area contributed by atoms with Gasteiger partial charge in [0.1, 0.15) is 0 Å². The first-order valence-corrected chi connectivity index (χ1v) is 16.9. The maximum atomic E-state index is 3.06. The number of hydrogen-bond donors (Lipinski definition) is 0. The number of benzene rings is 5. The Balaban J connectivity index is 0.000000282. The van der Waals surface area contributed by atoms with Gasteiger partial charge in [0, 0.05) is 0 Å². The summed E-state index contributed by atoms with van der Waals surface area (Å²) in [6.07, 6.45) is 0. The molecule has 0 spiro atoms.